The minimum Gasteiger partial charge on any atom is -0.494 e. The number of aromatic nitrogens is 1. The van der Waals surface area contributed by atoms with Gasteiger partial charge in [-0.05, 0) is 56.5 Å². The van der Waals surface area contributed by atoms with Crippen LogP contribution in [0.2, 0.25) is 0 Å². The first kappa shape index (κ1) is 22.5. The number of rotatable bonds is 7. The zero-order valence-corrected chi connectivity index (χ0v) is 19.1. The number of piperidine rings is 1. The van der Waals surface area contributed by atoms with Gasteiger partial charge in [0.05, 0.1) is 17.8 Å². The van der Waals surface area contributed by atoms with Crippen molar-refractivity contribution in [2.75, 3.05) is 40.8 Å². The van der Waals surface area contributed by atoms with Gasteiger partial charge in [0, 0.05) is 39.1 Å². The van der Waals surface area contributed by atoms with Gasteiger partial charge < -0.3 is 15.0 Å². The molecule has 3 rings (SSSR count). The molecular formula is C22H32FN5OS. The minimum absolute atomic E-state index is 0.264. The van der Waals surface area contributed by atoms with Crippen LogP contribution >= 0.6 is 11.3 Å². The molecule has 2 heterocycles. The molecule has 0 aliphatic carbocycles. The molecule has 30 heavy (non-hydrogen) atoms. The van der Waals surface area contributed by atoms with Gasteiger partial charge in [-0.15, -0.1) is 11.3 Å². The van der Waals surface area contributed by atoms with E-state index in [1.165, 1.54) is 31.7 Å². The Morgan fingerprint density at radius 1 is 1.40 bits per heavy atom. The summed E-state index contributed by atoms with van der Waals surface area (Å²) in [6.07, 6.45) is 2.33. The highest BCUT2D eigenvalue weighted by molar-refractivity contribution is 7.09. The molecule has 1 aromatic carbocycles. The van der Waals surface area contributed by atoms with Gasteiger partial charge in [-0.25, -0.2) is 9.37 Å². The van der Waals surface area contributed by atoms with Gasteiger partial charge in [0.2, 0.25) is 0 Å². The largest absolute Gasteiger partial charge is 0.494 e. The predicted octanol–water partition coefficient (Wildman–Crippen LogP) is 3.52. The molecule has 164 valence electrons. The molecule has 1 saturated heterocycles. The Hall–Kier alpha value is -2.19. The first-order valence-corrected chi connectivity index (χ1v) is 11.2. The first-order valence-electron chi connectivity index (χ1n) is 10.4. The average Bonchev–Trinajstić information content (AvgIpc) is 3.14. The van der Waals surface area contributed by atoms with Crippen molar-refractivity contribution < 1.29 is 9.13 Å². The summed E-state index contributed by atoms with van der Waals surface area (Å²) in [5, 5.41) is 6.79. The van der Waals surface area contributed by atoms with Crippen LogP contribution in [-0.2, 0) is 13.1 Å². The van der Waals surface area contributed by atoms with Crippen LogP contribution < -0.4 is 10.1 Å². The van der Waals surface area contributed by atoms with E-state index in [4.69, 9.17) is 4.74 Å². The van der Waals surface area contributed by atoms with Crippen LogP contribution in [0.5, 0.6) is 5.75 Å². The van der Waals surface area contributed by atoms with Gasteiger partial charge in [-0.3, -0.25) is 9.89 Å². The third-order valence-electron chi connectivity index (χ3n) is 5.52. The zero-order valence-electron chi connectivity index (χ0n) is 18.3. The van der Waals surface area contributed by atoms with Crippen molar-refractivity contribution >= 4 is 17.3 Å². The number of thiazole rings is 1. The lowest BCUT2D eigenvalue weighted by atomic mass is 9.97. The molecule has 0 amide bonds. The molecule has 1 aromatic heterocycles. The summed E-state index contributed by atoms with van der Waals surface area (Å²) in [7, 11) is 5.22. The first-order chi connectivity index (χ1) is 14.5. The number of guanidine groups is 1. The molecule has 8 heteroatoms. The molecule has 1 aliphatic rings. The van der Waals surface area contributed by atoms with E-state index in [9.17, 15) is 4.39 Å². The van der Waals surface area contributed by atoms with Crippen LogP contribution in [0, 0.1) is 18.7 Å². The minimum atomic E-state index is -0.342. The van der Waals surface area contributed by atoms with Gasteiger partial charge in [-0.1, -0.05) is 6.07 Å². The number of aliphatic imine (C=N–C) groups is 1. The van der Waals surface area contributed by atoms with E-state index in [2.05, 4.69) is 32.5 Å². The molecular weight excluding hydrogens is 401 g/mol. The Kier molecular flexibility index (Phi) is 8.04. The molecule has 0 radical (unpaired) electrons. The highest BCUT2D eigenvalue weighted by Gasteiger charge is 2.20. The Morgan fingerprint density at radius 2 is 2.17 bits per heavy atom. The van der Waals surface area contributed by atoms with Crippen LogP contribution in [0.25, 0.3) is 0 Å². The number of methoxy groups -OCH3 is 1. The number of halogens is 1. The van der Waals surface area contributed by atoms with Gasteiger partial charge >= 0.3 is 0 Å². The Morgan fingerprint density at radius 3 is 2.77 bits per heavy atom. The molecule has 0 saturated carbocycles. The van der Waals surface area contributed by atoms with Crippen molar-refractivity contribution in [3.05, 3.63) is 45.7 Å². The van der Waals surface area contributed by atoms with Crippen molar-refractivity contribution in [1.29, 1.82) is 0 Å². The summed E-state index contributed by atoms with van der Waals surface area (Å²) >= 11 is 1.72. The molecule has 0 spiro atoms. The van der Waals surface area contributed by atoms with E-state index in [0.717, 1.165) is 42.7 Å². The lowest BCUT2D eigenvalue weighted by Gasteiger charge is -2.32. The molecule has 6 nitrogen and oxygen atoms in total. The van der Waals surface area contributed by atoms with Crippen molar-refractivity contribution in [1.82, 2.24) is 20.1 Å². The van der Waals surface area contributed by atoms with E-state index in [-0.39, 0.29) is 11.6 Å². The van der Waals surface area contributed by atoms with E-state index in [0.29, 0.717) is 12.5 Å². The number of hydrogen-bond acceptors (Lipinski definition) is 5. The summed E-state index contributed by atoms with van der Waals surface area (Å²) in [4.78, 5) is 13.5. The summed E-state index contributed by atoms with van der Waals surface area (Å²) in [5.74, 6) is 1.37. The second-order valence-corrected chi connectivity index (χ2v) is 8.89. The SMILES string of the molecule is CN=C(NCC1CCN(Cc2csc(C)n2)CC1)N(C)Cc1ccc(OC)c(F)c1. The third-order valence-corrected chi connectivity index (χ3v) is 6.34. The normalized spacial score (nSPS) is 16.0. The number of nitrogens with zero attached hydrogens (tertiary/aromatic N) is 4. The molecule has 2 aromatic rings. The Balaban J connectivity index is 1.43. The zero-order chi connectivity index (χ0) is 21.5. The monoisotopic (exact) mass is 433 g/mol. The number of nitrogens with one attached hydrogen (secondary N) is 1. The maximum Gasteiger partial charge on any atom is 0.193 e. The van der Waals surface area contributed by atoms with Crippen molar-refractivity contribution in [3.63, 3.8) is 0 Å². The van der Waals surface area contributed by atoms with Crippen LogP contribution in [0.3, 0.4) is 0 Å². The average molecular weight is 434 g/mol. The van der Waals surface area contributed by atoms with Crippen molar-refractivity contribution in [2.24, 2.45) is 10.9 Å². The summed E-state index contributed by atoms with van der Waals surface area (Å²) < 4.78 is 18.9. The fraction of sp³-hybridized carbons (Fsp3) is 0.545. The van der Waals surface area contributed by atoms with E-state index in [1.54, 1.807) is 24.5 Å². The van der Waals surface area contributed by atoms with Gasteiger partial charge in [0.25, 0.3) is 0 Å². The summed E-state index contributed by atoms with van der Waals surface area (Å²) in [5.41, 5.74) is 2.07. The number of aryl methyl sites for hydroxylation is 1. The maximum absolute atomic E-state index is 13.9. The smallest absolute Gasteiger partial charge is 0.193 e. The summed E-state index contributed by atoms with van der Waals surface area (Å²) in [6.45, 7) is 6.68. The van der Waals surface area contributed by atoms with Gasteiger partial charge in [0.15, 0.2) is 17.5 Å². The standard InChI is InChI=1S/C22H32FN5OS/c1-16-26-19(15-30-16)14-28-9-7-17(8-10-28)12-25-22(24-2)27(3)13-18-5-6-21(29-4)20(23)11-18/h5-6,11,15,17H,7-10,12-14H2,1-4H3,(H,24,25). The van der Waals surface area contributed by atoms with E-state index in [1.807, 2.05) is 18.0 Å². The van der Waals surface area contributed by atoms with Crippen LogP contribution in [0.1, 0.15) is 29.1 Å². The molecule has 0 bridgehead atoms. The molecule has 0 atom stereocenters. The van der Waals surface area contributed by atoms with E-state index < -0.39 is 0 Å². The topological polar surface area (TPSA) is 53.0 Å². The fourth-order valence-corrected chi connectivity index (χ4v) is 4.44. The van der Waals surface area contributed by atoms with Crippen LogP contribution in [0.4, 0.5) is 4.39 Å². The quantitative estimate of drug-likeness (QED) is 0.535. The van der Waals surface area contributed by atoms with Gasteiger partial charge in [0.1, 0.15) is 0 Å². The lowest BCUT2D eigenvalue weighted by molar-refractivity contribution is 0.176. The number of hydrogen-bond donors (Lipinski definition) is 1. The lowest BCUT2D eigenvalue weighted by Crippen LogP contribution is -2.43. The Labute approximate surface area is 182 Å². The highest BCUT2D eigenvalue weighted by Crippen LogP contribution is 2.20. The highest BCUT2D eigenvalue weighted by atomic mass is 32.1. The van der Waals surface area contributed by atoms with Crippen molar-refractivity contribution in [3.8, 4) is 5.75 Å². The predicted molar refractivity (Wildman–Crippen MR) is 121 cm³/mol. The van der Waals surface area contributed by atoms with Crippen molar-refractivity contribution in [2.45, 2.75) is 32.9 Å². The van der Waals surface area contributed by atoms with Crippen LogP contribution in [0.15, 0.2) is 28.6 Å². The van der Waals surface area contributed by atoms with E-state index >= 15 is 0 Å². The van der Waals surface area contributed by atoms with Crippen LogP contribution in [-0.4, -0.2) is 61.6 Å². The Bertz CT molecular complexity index is 848. The second kappa shape index (κ2) is 10.7. The fourth-order valence-electron chi connectivity index (χ4n) is 3.84. The number of benzene rings is 1. The molecule has 1 N–H and O–H groups in total. The summed E-state index contributed by atoms with van der Waals surface area (Å²) in [6, 6.07) is 5.06. The van der Waals surface area contributed by atoms with Gasteiger partial charge in [-0.2, -0.15) is 0 Å². The maximum atomic E-state index is 13.9. The number of ether oxygens (including phenoxy) is 1. The second-order valence-electron chi connectivity index (χ2n) is 7.83. The molecule has 0 unspecified atom stereocenters. The number of likely N-dealkylation sites (tertiary alicyclic amines) is 1. The molecule has 1 fully saturated rings. The third kappa shape index (κ3) is 6.15. The molecule has 1 aliphatic heterocycles.